The summed E-state index contributed by atoms with van der Waals surface area (Å²) in [5, 5.41) is 9.84. The van der Waals surface area contributed by atoms with E-state index in [1.165, 1.54) is 23.1 Å². The lowest BCUT2D eigenvalue weighted by Crippen LogP contribution is -2.54. The van der Waals surface area contributed by atoms with E-state index in [0.29, 0.717) is 30.1 Å². The highest BCUT2D eigenvalue weighted by Gasteiger charge is 2.29. The van der Waals surface area contributed by atoms with E-state index in [2.05, 4.69) is 34.8 Å². The Morgan fingerprint density at radius 1 is 1.27 bits per heavy atom. The number of piperazine rings is 1. The monoisotopic (exact) mass is 447 g/mol. The van der Waals surface area contributed by atoms with Crippen molar-refractivity contribution in [1.29, 1.82) is 5.26 Å². The van der Waals surface area contributed by atoms with Gasteiger partial charge in [0, 0.05) is 31.1 Å². The predicted molar refractivity (Wildman–Crippen MR) is 123 cm³/mol. The zero-order valence-corrected chi connectivity index (χ0v) is 19.8. The van der Waals surface area contributed by atoms with Gasteiger partial charge in [-0.3, -0.25) is 14.5 Å². The molecule has 2 aromatic rings. The average Bonchev–Trinajstić information content (AvgIpc) is 3.00. The van der Waals surface area contributed by atoms with Gasteiger partial charge in [0.05, 0.1) is 22.5 Å². The fourth-order valence-corrected chi connectivity index (χ4v) is 5.66. The summed E-state index contributed by atoms with van der Waals surface area (Å²) in [7, 11) is 0. The van der Waals surface area contributed by atoms with Gasteiger partial charge in [0.15, 0.2) is 0 Å². The van der Waals surface area contributed by atoms with Gasteiger partial charge in [0.2, 0.25) is 5.91 Å². The Morgan fingerprint density at radius 3 is 2.53 bits per heavy atom. The molecule has 0 bridgehead atoms. The van der Waals surface area contributed by atoms with Crippen LogP contribution in [0.1, 0.15) is 37.0 Å². The van der Waals surface area contributed by atoms with Gasteiger partial charge in [-0.25, -0.2) is 4.98 Å². The van der Waals surface area contributed by atoms with Crippen LogP contribution in [0, 0.1) is 31.1 Å². The van der Waals surface area contributed by atoms with Gasteiger partial charge in [-0.05, 0) is 32.3 Å². The summed E-state index contributed by atoms with van der Waals surface area (Å²) >= 11 is 3.02. The quantitative estimate of drug-likeness (QED) is 0.732. The molecule has 1 N–H and O–H groups in total. The van der Waals surface area contributed by atoms with Crippen LogP contribution < -0.4 is 5.56 Å². The molecule has 2 unspecified atom stereocenters. The minimum Gasteiger partial charge on any atom is -0.339 e. The number of carbonyl (C=O) groups excluding carboxylic acids is 1. The lowest BCUT2D eigenvalue weighted by atomic mass is 10.0. The van der Waals surface area contributed by atoms with Crippen molar-refractivity contribution in [3.63, 3.8) is 0 Å². The first-order chi connectivity index (χ1) is 14.2. The number of nitriles is 1. The predicted octanol–water partition coefficient (Wildman–Crippen LogP) is 2.92. The first-order valence-electron chi connectivity index (χ1n) is 10.3. The molecule has 1 aliphatic heterocycles. The Hall–Kier alpha value is -1.89. The number of aryl methyl sites for hydroxylation is 2. The molecule has 1 amide bonds. The largest absolute Gasteiger partial charge is 0.339 e. The molecular weight excluding hydrogens is 418 g/mol. The smallest absolute Gasteiger partial charge is 0.259 e. The second kappa shape index (κ2) is 9.50. The number of amides is 1. The molecule has 9 heteroatoms. The number of carbonyl (C=O) groups is 1. The number of aromatic amines is 1. The molecule has 0 saturated carbocycles. The first-order valence-corrected chi connectivity index (χ1v) is 12.1. The van der Waals surface area contributed by atoms with Crippen LogP contribution in [0.4, 0.5) is 0 Å². The third-order valence-electron chi connectivity index (χ3n) is 5.69. The van der Waals surface area contributed by atoms with Crippen LogP contribution in [0.3, 0.4) is 0 Å². The first kappa shape index (κ1) is 22.8. The van der Waals surface area contributed by atoms with Gasteiger partial charge in [-0.1, -0.05) is 13.8 Å². The number of rotatable bonds is 6. The van der Waals surface area contributed by atoms with Gasteiger partial charge >= 0.3 is 0 Å². The van der Waals surface area contributed by atoms with Crippen molar-refractivity contribution in [2.24, 2.45) is 5.92 Å². The van der Waals surface area contributed by atoms with Crippen molar-refractivity contribution in [2.75, 3.05) is 26.2 Å². The standard InChI is InChI=1S/C21H29N5O2S2/c1-12(2)16(10-22)25-6-8-26(9-7-25)21(28)15(5)29-11-17-23-19(27)18-13(3)14(4)30-20(18)24-17/h12,15-16H,6-9,11H2,1-5H3,(H,23,24,27). The lowest BCUT2D eigenvalue weighted by molar-refractivity contribution is -0.132. The van der Waals surface area contributed by atoms with Gasteiger partial charge in [-0.2, -0.15) is 5.26 Å². The highest BCUT2D eigenvalue weighted by Crippen LogP contribution is 2.27. The van der Waals surface area contributed by atoms with Crippen molar-refractivity contribution in [1.82, 2.24) is 19.8 Å². The summed E-state index contributed by atoms with van der Waals surface area (Å²) in [5.41, 5.74) is 0.881. The van der Waals surface area contributed by atoms with E-state index in [1.54, 1.807) is 0 Å². The van der Waals surface area contributed by atoms with Crippen molar-refractivity contribution in [2.45, 2.75) is 51.7 Å². The molecular formula is C21H29N5O2S2. The molecule has 3 rings (SSSR count). The molecule has 1 aliphatic rings. The van der Waals surface area contributed by atoms with Crippen LogP contribution in [0.15, 0.2) is 4.79 Å². The average molecular weight is 448 g/mol. The second-order valence-electron chi connectivity index (χ2n) is 8.11. The SMILES string of the molecule is Cc1sc2nc(CSC(C)C(=O)N3CCN(C(C#N)C(C)C)CC3)[nH]c(=O)c2c1C. The number of thiophene rings is 1. The Kier molecular flexibility index (Phi) is 7.22. The van der Waals surface area contributed by atoms with Crippen LogP contribution in [0.2, 0.25) is 0 Å². The number of hydrogen-bond donors (Lipinski definition) is 1. The number of H-pyrrole nitrogens is 1. The fraction of sp³-hybridized carbons (Fsp3) is 0.619. The second-order valence-corrected chi connectivity index (χ2v) is 10.6. The summed E-state index contributed by atoms with van der Waals surface area (Å²) in [5.74, 6) is 1.47. The number of fused-ring (bicyclic) bond motifs is 1. The Bertz CT molecular complexity index is 1010. The normalized spacial score (nSPS) is 17.3. The van der Waals surface area contributed by atoms with Crippen LogP contribution in [0.5, 0.6) is 0 Å². The van der Waals surface area contributed by atoms with E-state index < -0.39 is 0 Å². The van der Waals surface area contributed by atoms with Gasteiger partial charge in [-0.15, -0.1) is 23.1 Å². The highest BCUT2D eigenvalue weighted by molar-refractivity contribution is 7.99. The topological polar surface area (TPSA) is 93.1 Å². The molecule has 30 heavy (non-hydrogen) atoms. The van der Waals surface area contributed by atoms with E-state index in [4.69, 9.17) is 0 Å². The van der Waals surface area contributed by atoms with Crippen molar-refractivity contribution >= 4 is 39.2 Å². The molecule has 2 aromatic heterocycles. The third kappa shape index (κ3) is 4.71. The molecule has 0 aromatic carbocycles. The number of nitrogens with one attached hydrogen (secondary N) is 1. The maximum absolute atomic E-state index is 12.9. The fourth-order valence-electron chi connectivity index (χ4n) is 3.77. The summed E-state index contributed by atoms with van der Waals surface area (Å²) in [6.07, 6.45) is 0. The number of thioether (sulfide) groups is 1. The van der Waals surface area contributed by atoms with E-state index in [1.807, 2.05) is 25.7 Å². The van der Waals surface area contributed by atoms with Crippen molar-refractivity contribution in [3.8, 4) is 6.07 Å². The van der Waals surface area contributed by atoms with Crippen LogP contribution in [-0.2, 0) is 10.5 Å². The van der Waals surface area contributed by atoms with Crippen molar-refractivity contribution in [3.05, 3.63) is 26.6 Å². The summed E-state index contributed by atoms with van der Waals surface area (Å²) in [6, 6.07) is 2.28. The highest BCUT2D eigenvalue weighted by atomic mass is 32.2. The molecule has 7 nitrogen and oxygen atoms in total. The number of aromatic nitrogens is 2. The van der Waals surface area contributed by atoms with Gasteiger partial charge in [0.1, 0.15) is 16.7 Å². The molecule has 1 fully saturated rings. The van der Waals surface area contributed by atoms with Crippen LogP contribution in [-0.4, -0.2) is 63.1 Å². The minimum absolute atomic E-state index is 0.101. The third-order valence-corrected chi connectivity index (χ3v) is 7.93. The molecule has 162 valence electrons. The molecule has 0 radical (unpaired) electrons. The summed E-state index contributed by atoms with van der Waals surface area (Å²) in [6.45, 7) is 12.7. The summed E-state index contributed by atoms with van der Waals surface area (Å²) in [4.78, 5) is 38.7. The van der Waals surface area contributed by atoms with Gasteiger partial charge in [0.25, 0.3) is 5.56 Å². The molecule has 1 saturated heterocycles. The molecule has 3 heterocycles. The summed E-state index contributed by atoms with van der Waals surface area (Å²) < 4.78 is 0. The number of hydrogen-bond acceptors (Lipinski definition) is 7. The molecule has 0 spiro atoms. The van der Waals surface area contributed by atoms with Crippen LogP contribution in [0.25, 0.3) is 10.2 Å². The minimum atomic E-state index is -0.221. The zero-order chi connectivity index (χ0) is 22.0. The Morgan fingerprint density at radius 2 is 1.93 bits per heavy atom. The lowest BCUT2D eigenvalue weighted by Gasteiger charge is -2.38. The molecule has 0 aliphatic carbocycles. The Labute approximate surface area is 185 Å². The van der Waals surface area contributed by atoms with Crippen LogP contribution >= 0.6 is 23.1 Å². The molecule has 2 atom stereocenters. The maximum Gasteiger partial charge on any atom is 0.259 e. The number of nitrogens with zero attached hydrogens (tertiary/aromatic N) is 4. The zero-order valence-electron chi connectivity index (χ0n) is 18.2. The van der Waals surface area contributed by atoms with E-state index in [9.17, 15) is 14.9 Å². The Balaban J connectivity index is 1.57. The van der Waals surface area contributed by atoms with E-state index >= 15 is 0 Å². The van der Waals surface area contributed by atoms with E-state index in [-0.39, 0.29) is 28.7 Å². The van der Waals surface area contributed by atoms with Gasteiger partial charge < -0.3 is 9.88 Å². The maximum atomic E-state index is 12.9. The van der Waals surface area contributed by atoms with E-state index in [0.717, 1.165) is 28.4 Å². The van der Waals surface area contributed by atoms with Crippen molar-refractivity contribution < 1.29 is 4.79 Å².